The normalized spacial score (nSPS) is 10.5. The largest absolute Gasteiger partial charge is 0.476 e. The van der Waals surface area contributed by atoms with E-state index in [1.807, 2.05) is 48.5 Å². The first-order valence-corrected chi connectivity index (χ1v) is 7.24. The Hall–Kier alpha value is -2.82. The summed E-state index contributed by atoms with van der Waals surface area (Å²) in [6.07, 6.45) is 0.837. The zero-order chi connectivity index (χ0) is 15.2. The van der Waals surface area contributed by atoms with Crippen molar-refractivity contribution in [2.75, 3.05) is 18.5 Å². The lowest BCUT2D eigenvalue weighted by Crippen LogP contribution is -2.12. The number of H-pyrrole nitrogens is 1. The Kier molecular flexibility index (Phi) is 4.34. The van der Waals surface area contributed by atoms with Crippen LogP contribution in [-0.4, -0.2) is 23.3 Å². The number of aromatic nitrogens is 2. The molecule has 2 aromatic carbocycles. The highest BCUT2D eigenvalue weighted by Crippen LogP contribution is 2.19. The molecule has 0 aliphatic carbocycles. The molecule has 0 radical (unpaired) electrons. The number of nitrogens with zero attached hydrogens (tertiary/aromatic N) is 1. The fourth-order valence-corrected chi connectivity index (χ4v) is 2.23. The van der Waals surface area contributed by atoms with Gasteiger partial charge in [0.25, 0.3) is 5.56 Å². The van der Waals surface area contributed by atoms with Gasteiger partial charge in [-0.3, -0.25) is 4.79 Å². The summed E-state index contributed by atoms with van der Waals surface area (Å²) < 4.78 is 5.69. The van der Waals surface area contributed by atoms with Crippen molar-refractivity contribution in [3.63, 3.8) is 0 Å². The standard InChI is InChI=1S/C17H17N3O2/c21-16-14-9-4-5-10-15(14)17(20-19-16)22-12-6-11-18-13-7-2-1-3-8-13/h1-5,7-10,18H,6,11-12H2,(H,19,21). The van der Waals surface area contributed by atoms with Crippen LogP contribution in [0.2, 0.25) is 0 Å². The molecule has 0 aliphatic heterocycles. The van der Waals surface area contributed by atoms with Gasteiger partial charge >= 0.3 is 0 Å². The summed E-state index contributed by atoms with van der Waals surface area (Å²) in [5.74, 6) is 0.468. The molecule has 0 unspecified atom stereocenters. The van der Waals surface area contributed by atoms with Gasteiger partial charge in [0, 0.05) is 12.2 Å². The van der Waals surface area contributed by atoms with Crippen LogP contribution in [0.4, 0.5) is 5.69 Å². The van der Waals surface area contributed by atoms with E-state index in [-0.39, 0.29) is 5.56 Å². The average Bonchev–Trinajstić information content (AvgIpc) is 2.58. The highest BCUT2D eigenvalue weighted by atomic mass is 16.5. The second kappa shape index (κ2) is 6.76. The molecular weight excluding hydrogens is 278 g/mol. The molecule has 0 saturated carbocycles. The zero-order valence-corrected chi connectivity index (χ0v) is 12.1. The predicted octanol–water partition coefficient (Wildman–Crippen LogP) is 2.80. The zero-order valence-electron chi connectivity index (χ0n) is 12.1. The summed E-state index contributed by atoms with van der Waals surface area (Å²) in [4.78, 5) is 11.7. The van der Waals surface area contributed by atoms with E-state index in [0.29, 0.717) is 17.9 Å². The molecule has 0 bridgehead atoms. The molecule has 0 aliphatic rings. The summed E-state index contributed by atoms with van der Waals surface area (Å²) in [7, 11) is 0. The van der Waals surface area contributed by atoms with E-state index in [4.69, 9.17) is 4.74 Å². The molecule has 0 spiro atoms. The monoisotopic (exact) mass is 295 g/mol. The van der Waals surface area contributed by atoms with Crippen LogP contribution in [0.1, 0.15) is 6.42 Å². The first-order valence-electron chi connectivity index (χ1n) is 7.24. The quantitative estimate of drug-likeness (QED) is 0.686. The Bertz CT molecular complexity index is 800. The summed E-state index contributed by atoms with van der Waals surface area (Å²) in [5.41, 5.74) is 0.892. The highest BCUT2D eigenvalue weighted by molar-refractivity contribution is 5.85. The van der Waals surface area contributed by atoms with Crippen LogP contribution < -0.4 is 15.6 Å². The first-order chi connectivity index (χ1) is 10.8. The van der Waals surface area contributed by atoms with Crippen molar-refractivity contribution < 1.29 is 4.74 Å². The summed E-state index contributed by atoms with van der Waals surface area (Å²) >= 11 is 0. The third-order valence-corrected chi connectivity index (χ3v) is 3.32. The molecule has 112 valence electrons. The fraction of sp³-hybridized carbons (Fsp3) is 0.176. The van der Waals surface area contributed by atoms with Crippen molar-refractivity contribution in [3.8, 4) is 5.88 Å². The Morgan fingerprint density at radius 3 is 2.55 bits per heavy atom. The van der Waals surface area contributed by atoms with Gasteiger partial charge in [0.1, 0.15) is 0 Å². The Morgan fingerprint density at radius 2 is 1.73 bits per heavy atom. The van der Waals surface area contributed by atoms with Gasteiger partial charge in [0.05, 0.1) is 17.4 Å². The van der Waals surface area contributed by atoms with E-state index in [2.05, 4.69) is 15.5 Å². The summed E-state index contributed by atoms with van der Waals surface area (Å²) in [6, 6.07) is 17.3. The number of anilines is 1. The van der Waals surface area contributed by atoms with Crippen molar-refractivity contribution in [3.05, 3.63) is 65.0 Å². The highest BCUT2D eigenvalue weighted by Gasteiger charge is 2.06. The molecule has 0 saturated heterocycles. The minimum absolute atomic E-state index is 0.200. The third-order valence-electron chi connectivity index (χ3n) is 3.32. The van der Waals surface area contributed by atoms with Crippen molar-refractivity contribution in [2.45, 2.75) is 6.42 Å². The molecule has 0 fully saturated rings. The number of fused-ring (bicyclic) bond motifs is 1. The maximum absolute atomic E-state index is 11.7. The minimum Gasteiger partial charge on any atom is -0.476 e. The molecule has 0 atom stereocenters. The van der Waals surface area contributed by atoms with E-state index in [1.165, 1.54) is 0 Å². The minimum atomic E-state index is -0.200. The molecule has 2 N–H and O–H groups in total. The SMILES string of the molecule is O=c1[nH]nc(OCCCNc2ccccc2)c2ccccc12. The Labute approximate surface area is 127 Å². The number of benzene rings is 2. The van der Waals surface area contributed by atoms with E-state index in [9.17, 15) is 4.79 Å². The van der Waals surface area contributed by atoms with Gasteiger partial charge in [0.15, 0.2) is 0 Å². The molecule has 3 aromatic rings. The van der Waals surface area contributed by atoms with Gasteiger partial charge in [0.2, 0.25) is 5.88 Å². The molecule has 0 amide bonds. The second-order valence-electron chi connectivity index (χ2n) is 4.90. The molecule has 1 heterocycles. The second-order valence-corrected chi connectivity index (χ2v) is 4.90. The van der Waals surface area contributed by atoms with E-state index < -0.39 is 0 Å². The maximum atomic E-state index is 11.7. The predicted molar refractivity (Wildman–Crippen MR) is 87.4 cm³/mol. The van der Waals surface area contributed by atoms with Crippen LogP contribution in [0.25, 0.3) is 10.8 Å². The van der Waals surface area contributed by atoms with Gasteiger partial charge < -0.3 is 10.1 Å². The molecular formula is C17H17N3O2. The summed E-state index contributed by atoms with van der Waals surface area (Å²) in [6.45, 7) is 1.34. The van der Waals surface area contributed by atoms with Gasteiger partial charge in [-0.25, -0.2) is 5.10 Å². The third kappa shape index (κ3) is 3.25. The van der Waals surface area contributed by atoms with Gasteiger partial charge in [-0.05, 0) is 30.7 Å². The van der Waals surface area contributed by atoms with Crippen LogP contribution in [0.5, 0.6) is 5.88 Å². The number of aromatic amines is 1. The van der Waals surface area contributed by atoms with Gasteiger partial charge in [-0.1, -0.05) is 30.3 Å². The van der Waals surface area contributed by atoms with Crippen molar-refractivity contribution in [1.82, 2.24) is 10.2 Å². The van der Waals surface area contributed by atoms with E-state index >= 15 is 0 Å². The topological polar surface area (TPSA) is 67.0 Å². The van der Waals surface area contributed by atoms with Crippen LogP contribution >= 0.6 is 0 Å². The van der Waals surface area contributed by atoms with E-state index in [1.54, 1.807) is 6.07 Å². The fourth-order valence-electron chi connectivity index (χ4n) is 2.23. The molecule has 1 aromatic heterocycles. The number of rotatable bonds is 6. The molecule has 22 heavy (non-hydrogen) atoms. The lowest BCUT2D eigenvalue weighted by Gasteiger charge is -2.08. The number of hydrogen-bond acceptors (Lipinski definition) is 4. The van der Waals surface area contributed by atoms with Gasteiger partial charge in [-0.15, -0.1) is 5.10 Å². The van der Waals surface area contributed by atoms with Crippen LogP contribution in [-0.2, 0) is 0 Å². The molecule has 3 rings (SSSR count). The maximum Gasteiger partial charge on any atom is 0.272 e. The lowest BCUT2D eigenvalue weighted by atomic mass is 10.2. The average molecular weight is 295 g/mol. The van der Waals surface area contributed by atoms with Crippen LogP contribution in [0, 0.1) is 0 Å². The molecule has 5 heteroatoms. The molecule has 5 nitrogen and oxygen atoms in total. The van der Waals surface area contributed by atoms with Crippen molar-refractivity contribution in [1.29, 1.82) is 0 Å². The van der Waals surface area contributed by atoms with E-state index in [0.717, 1.165) is 24.0 Å². The number of para-hydroxylation sites is 1. The smallest absolute Gasteiger partial charge is 0.272 e. The number of ether oxygens (including phenoxy) is 1. The van der Waals surface area contributed by atoms with Crippen LogP contribution in [0.15, 0.2) is 59.4 Å². The lowest BCUT2D eigenvalue weighted by molar-refractivity contribution is 0.303. The van der Waals surface area contributed by atoms with Crippen LogP contribution in [0.3, 0.4) is 0 Å². The van der Waals surface area contributed by atoms with Gasteiger partial charge in [-0.2, -0.15) is 0 Å². The number of hydrogen-bond donors (Lipinski definition) is 2. The first kappa shape index (κ1) is 14.1. The van der Waals surface area contributed by atoms with Crippen molar-refractivity contribution >= 4 is 16.5 Å². The van der Waals surface area contributed by atoms with Crippen molar-refractivity contribution in [2.24, 2.45) is 0 Å². The number of nitrogens with one attached hydrogen (secondary N) is 2. The summed E-state index contributed by atoms with van der Waals surface area (Å²) in [5, 5.41) is 11.1. The Morgan fingerprint density at radius 1 is 1.00 bits per heavy atom. The Balaban J connectivity index is 1.56.